The van der Waals surface area contributed by atoms with Gasteiger partial charge in [0.1, 0.15) is 0 Å². The van der Waals surface area contributed by atoms with Crippen LogP contribution < -0.4 is 14.8 Å². The van der Waals surface area contributed by atoms with Crippen molar-refractivity contribution in [2.75, 3.05) is 18.4 Å². The number of carboxylic acid groups (broad SMARTS) is 1. The molecule has 1 spiro atoms. The monoisotopic (exact) mass is 346 g/mol. The summed E-state index contributed by atoms with van der Waals surface area (Å²) in [5.41, 5.74) is 0.624. The lowest BCUT2D eigenvalue weighted by Gasteiger charge is -2.31. The number of nitrogens with one attached hydrogen (secondary N) is 1. The third kappa shape index (κ3) is 3.10. The van der Waals surface area contributed by atoms with Crippen LogP contribution in [-0.4, -0.2) is 40.9 Å². The van der Waals surface area contributed by atoms with E-state index in [-0.39, 0.29) is 12.6 Å². The third-order valence-corrected chi connectivity index (χ3v) is 5.23. The molecule has 1 aromatic rings. The van der Waals surface area contributed by atoms with Gasteiger partial charge in [0.25, 0.3) is 5.79 Å². The van der Waals surface area contributed by atoms with Gasteiger partial charge in [-0.3, -0.25) is 4.79 Å². The Hall–Kier alpha value is -2.44. The predicted octanol–water partition coefficient (Wildman–Crippen LogP) is 3.06. The Labute approximate surface area is 145 Å². The summed E-state index contributed by atoms with van der Waals surface area (Å²) in [6.45, 7) is 0.700. The average molecular weight is 346 g/mol. The molecular weight excluding hydrogens is 324 g/mol. The number of likely N-dealkylation sites (tertiary alicyclic amines) is 1. The maximum Gasteiger partial charge on any atom is 0.321 e. The number of carbonyl (C=O) groups excluding carboxylic acids is 1. The summed E-state index contributed by atoms with van der Waals surface area (Å²) in [5, 5.41) is 11.9. The molecular formula is C18H22N2O5. The normalized spacial score (nSPS) is 23.7. The maximum absolute atomic E-state index is 12.3. The Balaban J connectivity index is 1.41. The Bertz CT molecular complexity index is 699. The summed E-state index contributed by atoms with van der Waals surface area (Å²) in [5.74, 6) is -0.492. The first-order chi connectivity index (χ1) is 12.0. The predicted molar refractivity (Wildman–Crippen MR) is 89.8 cm³/mol. The van der Waals surface area contributed by atoms with Crippen LogP contribution in [0.4, 0.5) is 10.5 Å². The molecule has 4 rings (SSSR count). The molecule has 7 heteroatoms. The van der Waals surface area contributed by atoms with Gasteiger partial charge in [0.2, 0.25) is 0 Å². The van der Waals surface area contributed by atoms with Crippen LogP contribution >= 0.6 is 0 Å². The maximum atomic E-state index is 12.3. The zero-order chi connectivity index (χ0) is 17.4. The van der Waals surface area contributed by atoms with Crippen molar-refractivity contribution in [1.82, 2.24) is 4.90 Å². The van der Waals surface area contributed by atoms with E-state index in [1.807, 2.05) is 6.07 Å². The van der Waals surface area contributed by atoms with Gasteiger partial charge in [0.15, 0.2) is 11.5 Å². The number of ether oxygens (including phenoxy) is 2. The summed E-state index contributed by atoms with van der Waals surface area (Å²) >= 11 is 0. The number of anilines is 1. The van der Waals surface area contributed by atoms with E-state index >= 15 is 0 Å². The number of fused-ring (bicyclic) bond motifs is 1. The number of aliphatic carboxylic acids is 1. The topological polar surface area (TPSA) is 88.1 Å². The minimum absolute atomic E-state index is 0.245. The van der Waals surface area contributed by atoms with E-state index in [1.54, 1.807) is 12.1 Å². The molecule has 1 aromatic carbocycles. The fraction of sp³-hybridized carbons (Fsp3) is 0.556. The van der Waals surface area contributed by atoms with Crippen LogP contribution in [-0.2, 0) is 4.79 Å². The molecule has 3 aliphatic rings. The van der Waals surface area contributed by atoms with Crippen molar-refractivity contribution in [1.29, 1.82) is 0 Å². The van der Waals surface area contributed by atoms with Gasteiger partial charge in [0.05, 0.1) is 5.92 Å². The van der Waals surface area contributed by atoms with E-state index in [0.717, 1.165) is 25.7 Å². The first-order valence-electron chi connectivity index (χ1n) is 8.85. The quantitative estimate of drug-likeness (QED) is 0.859. The van der Waals surface area contributed by atoms with Crippen molar-refractivity contribution in [2.24, 2.45) is 5.92 Å². The largest absolute Gasteiger partial charge is 0.481 e. The van der Waals surface area contributed by atoms with E-state index in [2.05, 4.69) is 5.32 Å². The lowest BCUT2D eigenvalue weighted by atomic mass is 9.94. The van der Waals surface area contributed by atoms with Gasteiger partial charge in [0, 0.05) is 37.7 Å². The van der Waals surface area contributed by atoms with Crippen LogP contribution in [0.3, 0.4) is 0 Å². The SMILES string of the molecule is O=C(O)C1CCN(C(=O)Nc2ccc3c(c2)OC2(CCCCC2)O3)C1. The summed E-state index contributed by atoms with van der Waals surface area (Å²) < 4.78 is 12.1. The van der Waals surface area contributed by atoms with Crippen molar-refractivity contribution < 1.29 is 24.2 Å². The van der Waals surface area contributed by atoms with E-state index in [4.69, 9.17) is 14.6 Å². The van der Waals surface area contributed by atoms with Crippen LogP contribution in [0.5, 0.6) is 11.5 Å². The Morgan fingerprint density at radius 3 is 2.64 bits per heavy atom. The zero-order valence-corrected chi connectivity index (χ0v) is 14.0. The van der Waals surface area contributed by atoms with Gasteiger partial charge in [-0.1, -0.05) is 6.42 Å². The number of urea groups is 1. The van der Waals surface area contributed by atoms with Gasteiger partial charge in [-0.2, -0.15) is 0 Å². The Morgan fingerprint density at radius 2 is 1.92 bits per heavy atom. The Kier molecular flexibility index (Phi) is 3.94. The van der Waals surface area contributed by atoms with Crippen molar-refractivity contribution >= 4 is 17.7 Å². The second kappa shape index (κ2) is 6.13. The Morgan fingerprint density at radius 1 is 1.16 bits per heavy atom. The van der Waals surface area contributed by atoms with E-state index in [0.29, 0.717) is 30.2 Å². The van der Waals surface area contributed by atoms with Gasteiger partial charge in [-0.05, 0) is 31.4 Å². The highest BCUT2D eigenvalue weighted by Gasteiger charge is 2.42. The molecule has 0 bridgehead atoms. The van der Waals surface area contributed by atoms with Gasteiger partial charge in [-0.25, -0.2) is 4.79 Å². The molecule has 2 aliphatic heterocycles. The molecule has 2 fully saturated rings. The molecule has 2 amide bonds. The summed E-state index contributed by atoms with van der Waals surface area (Å²) in [4.78, 5) is 24.9. The van der Waals surface area contributed by atoms with Gasteiger partial charge >= 0.3 is 12.0 Å². The number of benzene rings is 1. The average Bonchev–Trinajstić information content (AvgIpc) is 3.20. The molecule has 2 heterocycles. The van der Waals surface area contributed by atoms with Crippen molar-refractivity contribution in [2.45, 2.75) is 44.3 Å². The van der Waals surface area contributed by atoms with Gasteiger partial charge < -0.3 is 24.8 Å². The molecule has 0 radical (unpaired) electrons. The van der Waals surface area contributed by atoms with Crippen molar-refractivity contribution in [3.8, 4) is 11.5 Å². The minimum atomic E-state index is -0.851. The molecule has 0 aromatic heterocycles. The number of hydrogen-bond donors (Lipinski definition) is 2. The lowest BCUT2D eigenvalue weighted by molar-refractivity contribution is -0.141. The number of hydrogen-bond acceptors (Lipinski definition) is 4. The molecule has 1 unspecified atom stereocenters. The van der Waals surface area contributed by atoms with E-state index < -0.39 is 17.7 Å². The molecule has 134 valence electrons. The molecule has 7 nitrogen and oxygen atoms in total. The standard InChI is InChI=1S/C18H22N2O5/c21-16(22)12-6-9-20(11-12)17(23)19-13-4-5-14-15(10-13)25-18(24-14)7-2-1-3-8-18/h4-5,10,12H,1-3,6-9,11H2,(H,19,23)(H,21,22). The fourth-order valence-corrected chi connectivity index (χ4v) is 3.81. The molecule has 1 saturated carbocycles. The number of nitrogens with zero attached hydrogens (tertiary/aromatic N) is 1. The summed E-state index contributed by atoms with van der Waals surface area (Å²) in [7, 11) is 0. The highest BCUT2D eigenvalue weighted by Crippen LogP contribution is 2.46. The molecule has 25 heavy (non-hydrogen) atoms. The summed E-state index contributed by atoms with van der Waals surface area (Å²) in [6.07, 6.45) is 5.65. The second-order valence-corrected chi connectivity index (χ2v) is 7.04. The summed E-state index contributed by atoms with van der Waals surface area (Å²) in [6, 6.07) is 5.10. The van der Waals surface area contributed by atoms with E-state index in [1.165, 1.54) is 11.3 Å². The number of rotatable bonds is 2. The third-order valence-electron chi connectivity index (χ3n) is 5.23. The van der Waals surface area contributed by atoms with Crippen LogP contribution in [0.1, 0.15) is 38.5 Å². The number of carboxylic acids is 1. The molecule has 1 saturated heterocycles. The zero-order valence-electron chi connectivity index (χ0n) is 14.0. The van der Waals surface area contributed by atoms with Crippen molar-refractivity contribution in [3.05, 3.63) is 18.2 Å². The first kappa shape index (κ1) is 16.1. The smallest absolute Gasteiger partial charge is 0.321 e. The van der Waals surface area contributed by atoms with Crippen LogP contribution in [0.2, 0.25) is 0 Å². The van der Waals surface area contributed by atoms with Crippen LogP contribution in [0.15, 0.2) is 18.2 Å². The minimum Gasteiger partial charge on any atom is -0.481 e. The first-order valence-corrected chi connectivity index (χ1v) is 8.85. The highest BCUT2D eigenvalue weighted by molar-refractivity contribution is 5.90. The lowest BCUT2D eigenvalue weighted by Crippen LogP contribution is -2.40. The van der Waals surface area contributed by atoms with E-state index in [9.17, 15) is 9.59 Å². The van der Waals surface area contributed by atoms with Crippen molar-refractivity contribution in [3.63, 3.8) is 0 Å². The highest BCUT2D eigenvalue weighted by atomic mass is 16.7. The van der Waals surface area contributed by atoms with Crippen LogP contribution in [0.25, 0.3) is 0 Å². The number of amides is 2. The molecule has 1 aliphatic carbocycles. The van der Waals surface area contributed by atoms with Gasteiger partial charge in [-0.15, -0.1) is 0 Å². The van der Waals surface area contributed by atoms with Crippen LogP contribution in [0, 0.1) is 5.92 Å². The molecule has 1 atom stereocenters. The fourth-order valence-electron chi connectivity index (χ4n) is 3.81. The number of carbonyl (C=O) groups is 2. The second-order valence-electron chi connectivity index (χ2n) is 7.04. The molecule has 2 N–H and O–H groups in total.